The Balaban J connectivity index is 0.00000306. The highest BCUT2D eigenvalue weighted by atomic mass is 16.5. The third-order valence-corrected chi connectivity index (χ3v) is 5.38. The van der Waals surface area contributed by atoms with Crippen molar-refractivity contribution in [3.8, 4) is 11.3 Å². The standard InChI is InChI=1S/C24H25N5O3.4H2/c25-22-21(24(31)28-19-4-2-1-3-5-19)29-20(15-26-22)17-6-8-18(9-7-17)23(30)27-14-16-10-12-32-13-11-16;;;;/h1-9,15-16H,10-14H2,(H2,25,26)(H,27,30)(H,28,31);4*1H. The van der Waals surface area contributed by atoms with Gasteiger partial charge >= 0.3 is 0 Å². The Kier molecular flexibility index (Phi) is 6.72. The summed E-state index contributed by atoms with van der Waals surface area (Å²) in [5, 5.41) is 5.75. The molecule has 0 saturated carbocycles. The van der Waals surface area contributed by atoms with E-state index in [0.717, 1.165) is 31.6 Å². The zero-order chi connectivity index (χ0) is 22.3. The van der Waals surface area contributed by atoms with Gasteiger partial charge in [-0.25, -0.2) is 9.97 Å². The molecule has 8 nitrogen and oxygen atoms in total. The first-order valence-corrected chi connectivity index (χ1v) is 10.6. The van der Waals surface area contributed by atoms with Crippen LogP contribution in [0.1, 0.15) is 39.4 Å². The fourth-order valence-electron chi connectivity index (χ4n) is 3.50. The van der Waals surface area contributed by atoms with E-state index < -0.39 is 5.91 Å². The molecule has 4 N–H and O–H groups in total. The van der Waals surface area contributed by atoms with E-state index in [2.05, 4.69) is 20.6 Å². The van der Waals surface area contributed by atoms with Crippen LogP contribution >= 0.6 is 0 Å². The average molecular weight is 440 g/mol. The van der Waals surface area contributed by atoms with Crippen LogP contribution in [0, 0.1) is 5.92 Å². The quantitative estimate of drug-likeness (QED) is 0.531. The molecule has 1 saturated heterocycles. The maximum Gasteiger partial charge on any atom is 0.278 e. The van der Waals surface area contributed by atoms with Gasteiger partial charge in [-0.15, -0.1) is 0 Å². The number of hydrogen-bond acceptors (Lipinski definition) is 6. The summed E-state index contributed by atoms with van der Waals surface area (Å²) in [6.07, 6.45) is 3.44. The number of ether oxygens (including phenoxy) is 1. The summed E-state index contributed by atoms with van der Waals surface area (Å²) in [6.45, 7) is 2.15. The molecular weight excluding hydrogens is 406 g/mol. The molecule has 32 heavy (non-hydrogen) atoms. The number of carbonyl (C=O) groups is 2. The van der Waals surface area contributed by atoms with E-state index >= 15 is 0 Å². The van der Waals surface area contributed by atoms with Crippen molar-refractivity contribution in [2.75, 3.05) is 30.8 Å². The van der Waals surface area contributed by atoms with Crippen molar-refractivity contribution < 1.29 is 20.0 Å². The van der Waals surface area contributed by atoms with Gasteiger partial charge in [0.25, 0.3) is 11.8 Å². The van der Waals surface area contributed by atoms with Crippen LogP contribution in [-0.4, -0.2) is 41.5 Å². The number of anilines is 2. The third-order valence-electron chi connectivity index (χ3n) is 5.38. The minimum atomic E-state index is -0.438. The molecule has 2 heterocycles. The van der Waals surface area contributed by atoms with E-state index in [1.54, 1.807) is 36.4 Å². The van der Waals surface area contributed by atoms with Crippen LogP contribution in [0.2, 0.25) is 0 Å². The largest absolute Gasteiger partial charge is 0.382 e. The number of para-hydroxylation sites is 1. The number of nitrogen functional groups attached to an aromatic ring is 1. The van der Waals surface area contributed by atoms with E-state index in [4.69, 9.17) is 10.5 Å². The minimum absolute atomic E-state index is 0. The molecule has 0 unspecified atom stereocenters. The van der Waals surface area contributed by atoms with Crippen LogP contribution in [0.15, 0.2) is 60.8 Å². The smallest absolute Gasteiger partial charge is 0.278 e. The lowest BCUT2D eigenvalue weighted by molar-refractivity contribution is 0.0642. The summed E-state index contributed by atoms with van der Waals surface area (Å²) in [4.78, 5) is 33.6. The Morgan fingerprint density at radius 3 is 2.47 bits per heavy atom. The molecule has 3 aromatic rings. The first kappa shape index (κ1) is 21.5. The summed E-state index contributed by atoms with van der Waals surface area (Å²) in [7, 11) is 0. The highest BCUT2D eigenvalue weighted by molar-refractivity contribution is 6.06. The number of rotatable bonds is 6. The van der Waals surface area contributed by atoms with Crippen molar-refractivity contribution in [1.82, 2.24) is 15.3 Å². The molecule has 2 amide bonds. The molecule has 1 aromatic heterocycles. The highest BCUT2D eigenvalue weighted by Gasteiger charge is 2.17. The van der Waals surface area contributed by atoms with Gasteiger partial charge in [-0.3, -0.25) is 9.59 Å². The number of nitrogens with one attached hydrogen (secondary N) is 2. The van der Waals surface area contributed by atoms with Crippen LogP contribution in [0.4, 0.5) is 11.5 Å². The summed E-state index contributed by atoms with van der Waals surface area (Å²) < 4.78 is 5.35. The lowest BCUT2D eigenvalue weighted by atomic mass is 10.0. The van der Waals surface area contributed by atoms with E-state index in [9.17, 15) is 9.59 Å². The van der Waals surface area contributed by atoms with E-state index in [1.807, 2.05) is 18.2 Å². The Morgan fingerprint density at radius 1 is 1.03 bits per heavy atom. The number of nitrogens with zero attached hydrogens (tertiary/aromatic N) is 2. The van der Waals surface area contributed by atoms with Gasteiger partial charge < -0.3 is 21.1 Å². The summed E-state index contributed by atoms with van der Waals surface area (Å²) in [6, 6.07) is 16.1. The van der Waals surface area contributed by atoms with Gasteiger partial charge in [-0.05, 0) is 43.0 Å². The molecule has 8 heteroatoms. The number of benzene rings is 2. The molecule has 2 aromatic carbocycles. The zero-order valence-corrected chi connectivity index (χ0v) is 17.6. The van der Waals surface area contributed by atoms with Crippen molar-refractivity contribution in [3.63, 3.8) is 0 Å². The molecule has 0 atom stereocenters. The summed E-state index contributed by atoms with van der Waals surface area (Å²) in [5.41, 5.74) is 8.35. The van der Waals surface area contributed by atoms with Crippen molar-refractivity contribution in [2.45, 2.75) is 12.8 Å². The first-order chi connectivity index (χ1) is 15.6. The number of hydrogen-bond donors (Lipinski definition) is 3. The van der Waals surface area contributed by atoms with Gasteiger partial charge in [-0.1, -0.05) is 30.3 Å². The van der Waals surface area contributed by atoms with Gasteiger partial charge in [-0.2, -0.15) is 0 Å². The minimum Gasteiger partial charge on any atom is -0.382 e. The molecule has 1 aliphatic rings. The van der Waals surface area contributed by atoms with E-state index in [-0.39, 0.29) is 23.1 Å². The van der Waals surface area contributed by atoms with Crippen LogP contribution in [0.5, 0.6) is 0 Å². The average Bonchev–Trinajstić information content (AvgIpc) is 2.84. The summed E-state index contributed by atoms with van der Waals surface area (Å²) >= 11 is 0. The Labute approximate surface area is 192 Å². The van der Waals surface area contributed by atoms with Crippen LogP contribution in [-0.2, 0) is 4.74 Å². The fraction of sp³-hybridized carbons (Fsp3) is 0.250. The molecule has 0 aliphatic carbocycles. The SMILES string of the molecule is Nc1ncc(-c2ccc(C(=O)NCC3CCOCC3)cc2)nc1C(=O)Nc1ccccc1.[HH].[HH].[HH].[HH]. The second kappa shape index (κ2) is 10.0. The number of carbonyl (C=O) groups excluding carboxylic acids is 2. The molecule has 1 aliphatic heterocycles. The van der Waals surface area contributed by atoms with Gasteiger partial charge in [0.05, 0.1) is 11.9 Å². The second-order valence-corrected chi connectivity index (χ2v) is 7.65. The predicted octanol–water partition coefficient (Wildman–Crippen LogP) is 4.12. The van der Waals surface area contributed by atoms with Crippen LogP contribution in [0.3, 0.4) is 0 Å². The lowest BCUT2D eigenvalue weighted by Crippen LogP contribution is -2.32. The van der Waals surface area contributed by atoms with Gasteiger partial charge in [0, 0.05) is 42.3 Å². The first-order valence-electron chi connectivity index (χ1n) is 10.6. The predicted molar refractivity (Wildman–Crippen MR) is 131 cm³/mol. The van der Waals surface area contributed by atoms with E-state index in [1.165, 1.54) is 6.20 Å². The molecule has 0 radical (unpaired) electrons. The maximum atomic E-state index is 12.6. The van der Waals surface area contributed by atoms with Gasteiger partial charge in [0.15, 0.2) is 11.5 Å². The Bertz CT molecular complexity index is 1100. The molecule has 0 bridgehead atoms. The molecular formula is C24H33N5O3. The number of amides is 2. The molecule has 172 valence electrons. The maximum absolute atomic E-state index is 12.6. The number of nitrogens with two attached hydrogens (primary N) is 1. The Morgan fingerprint density at radius 2 is 1.75 bits per heavy atom. The molecule has 0 spiro atoms. The van der Waals surface area contributed by atoms with E-state index in [0.29, 0.717) is 29.4 Å². The monoisotopic (exact) mass is 439 g/mol. The van der Waals surface area contributed by atoms with Crippen molar-refractivity contribution in [1.29, 1.82) is 0 Å². The molecule has 1 fully saturated rings. The number of aromatic nitrogens is 2. The topological polar surface area (TPSA) is 119 Å². The zero-order valence-electron chi connectivity index (χ0n) is 17.6. The van der Waals surface area contributed by atoms with Crippen molar-refractivity contribution in [3.05, 3.63) is 72.1 Å². The van der Waals surface area contributed by atoms with Crippen molar-refractivity contribution >= 4 is 23.3 Å². The van der Waals surface area contributed by atoms with Gasteiger partial charge in [0.2, 0.25) is 0 Å². The fourth-order valence-corrected chi connectivity index (χ4v) is 3.50. The Hall–Kier alpha value is -3.78. The van der Waals surface area contributed by atoms with Crippen LogP contribution < -0.4 is 16.4 Å². The van der Waals surface area contributed by atoms with Gasteiger partial charge in [0.1, 0.15) is 0 Å². The normalized spacial score (nSPS) is 14.0. The van der Waals surface area contributed by atoms with Crippen LogP contribution in [0.25, 0.3) is 11.3 Å². The third kappa shape index (κ3) is 5.28. The highest BCUT2D eigenvalue weighted by Crippen LogP contribution is 2.20. The van der Waals surface area contributed by atoms with Crippen molar-refractivity contribution in [2.24, 2.45) is 5.92 Å². The lowest BCUT2D eigenvalue weighted by Gasteiger charge is -2.22. The second-order valence-electron chi connectivity index (χ2n) is 7.65. The molecule has 4 rings (SSSR count). The summed E-state index contributed by atoms with van der Waals surface area (Å²) in [5.74, 6) is -0.0507.